The number of rotatable bonds is 2. The molecule has 0 bridgehead atoms. The molecule has 0 aliphatic carbocycles. The summed E-state index contributed by atoms with van der Waals surface area (Å²) in [4.78, 5) is 4.43. The lowest BCUT2D eigenvalue weighted by Gasteiger charge is -1.98. The Morgan fingerprint density at radius 2 is 2.35 bits per heavy atom. The first-order chi connectivity index (χ1) is 8.33. The van der Waals surface area contributed by atoms with Gasteiger partial charge in [-0.1, -0.05) is 22.8 Å². The van der Waals surface area contributed by atoms with Crippen LogP contribution < -0.4 is 5.32 Å². The van der Waals surface area contributed by atoms with Crippen LogP contribution in [0.15, 0.2) is 28.8 Å². The minimum Gasteiger partial charge on any atom is -0.334 e. The Kier molecular flexibility index (Phi) is 2.82. The monoisotopic (exact) mass is 249 g/mol. The van der Waals surface area contributed by atoms with E-state index in [-0.39, 0.29) is 0 Å². The van der Waals surface area contributed by atoms with Crippen LogP contribution in [0.5, 0.6) is 0 Å². The molecule has 1 saturated heterocycles. The molecule has 1 aromatic carbocycles. The molecule has 1 fully saturated rings. The van der Waals surface area contributed by atoms with Gasteiger partial charge in [-0.25, -0.2) is 0 Å². The van der Waals surface area contributed by atoms with Gasteiger partial charge < -0.3 is 9.84 Å². The van der Waals surface area contributed by atoms with Crippen LogP contribution in [0.4, 0.5) is 0 Å². The number of halogens is 1. The molecule has 0 radical (unpaired) electrons. The molecule has 4 nitrogen and oxygen atoms in total. The van der Waals surface area contributed by atoms with Crippen LogP contribution in [0.3, 0.4) is 0 Å². The van der Waals surface area contributed by atoms with Crippen molar-refractivity contribution in [3.05, 3.63) is 35.1 Å². The van der Waals surface area contributed by atoms with Gasteiger partial charge in [-0.05, 0) is 31.2 Å². The van der Waals surface area contributed by atoms with E-state index in [9.17, 15) is 0 Å². The highest BCUT2D eigenvalue weighted by Gasteiger charge is 2.22. The van der Waals surface area contributed by atoms with Crippen molar-refractivity contribution in [2.75, 3.05) is 13.1 Å². The van der Waals surface area contributed by atoms with Crippen molar-refractivity contribution in [3.8, 4) is 11.5 Å². The van der Waals surface area contributed by atoms with E-state index in [1.54, 1.807) is 0 Å². The third-order valence-corrected chi connectivity index (χ3v) is 3.17. The molecule has 1 atom stereocenters. The molecule has 0 saturated carbocycles. The smallest absolute Gasteiger partial charge is 0.257 e. The van der Waals surface area contributed by atoms with E-state index < -0.39 is 0 Å². The highest BCUT2D eigenvalue weighted by atomic mass is 35.5. The lowest BCUT2D eigenvalue weighted by Crippen LogP contribution is -2.08. The van der Waals surface area contributed by atoms with Crippen molar-refractivity contribution in [3.63, 3.8) is 0 Å². The van der Waals surface area contributed by atoms with Gasteiger partial charge in [0.1, 0.15) is 0 Å². The van der Waals surface area contributed by atoms with Crippen LogP contribution in [-0.4, -0.2) is 23.2 Å². The molecule has 1 aliphatic rings. The van der Waals surface area contributed by atoms with Crippen LogP contribution >= 0.6 is 11.6 Å². The lowest BCUT2D eigenvalue weighted by molar-refractivity contribution is 0.417. The maximum Gasteiger partial charge on any atom is 0.257 e. The summed E-state index contributed by atoms with van der Waals surface area (Å²) in [5.74, 6) is 1.69. The summed E-state index contributed by atoms with van der Waals surface area (Å²) in [5, 5.41) is 7.99. The molecular formula is C12H12ClN3O. The third-order valence-electron chi connectivity index (χ3n) is 2.94. The van der Waals surface area contributed by atoms with E-state index >= 15 is 0 Å². The second-order valence-electron chi connectivity index (χ2n) is 4.16. The van der Waals surface area contributed by atoms with Crippen LogP contribution in [0.2, 0.25) is 5.02 Å². The zero-order valence-corrected chi connectivity index (χ0v) is 9.94. The van der Waals surface area contributed by atoms with Crippen LogP contribution in [0.1, 0.15) is 18.2 Å². The predicted octanol–water partition coefficient (Wildman–Crippen LogP) is 2.47. The molecule has 0 spiro atoms. The van der Waals surface area contributed by atoms with E-state index in [1.807, 2.05) is 24.3 Å². The van der Waals surface area contributed by atoms with Crippen LogP contribution in [0.25, 0.3) is 11.5 Å². The number of benzene rings is 1. The second kappa shape index (κ2) is 4.47. The van der Waals surface area contributed by atoms with Crippen molar-refractivity contribution in [1.82, 2.24) is 15.5 Å². The normalized spacial score (nSPS) is 19.7. The Balaban J connectivity index is 1.89. The van der Waals surface area contributed by atoms with Gasteiger partial charge in [0.05, 0.1) is 0 Å². The predicted molar refractivity (Wildman–Crippen MR) is 65.0 cm³/mol. The van der Waals surface area contributed by atoms with E-state index in [4.69, 9.17) is 16.1 Å². The van der Waals surface area contributed by atoms with Crippen molar-refractivity contribution in [2.45, 2.75) is 12.3 Å². The van der Waals surface area contributed by atoms with E-state index in [2.05, 4.69) is 15.5 Å². The fraction of sp³-hybridized carbons (Fsp3) is 0.333. The maximum atomic E-state index is 5.93. The van der Waals surface area contributed by atoms with Crippen LogP contribution in [0, 0.1) is 0 Å². The molecule has 88 valence electrons. The summed E-state index contributed by atoms with van der Waals surface area (Å²) in [5.41, 5.74) is 0.863. The summed E-state index contributed by atoms with van der Waals surface area (Å²) in [6.45, 7) is 1.94. The lowest BCUT2D eigenvalue weighted by atomic mass is 10.1. The zero-order valence-electron chi connectivity index (χ0n) is 9.19. The van der Waals surface area contributed by atoms with Gasteiger partial charge in [-0.3, -0.25) is 0 Å². The fourth-order valence-corrected chi connectivity index (χ4v) is 2.20. The minimum absolute atomic E-state index is 0.367. The fourth-order valence-electron chi connectivity index (χ4n) is 2.01. The molecule has 0 unspecified atom stereocenters. The summed E-state index contributed by atoms with van der Waals surface area (Å²) in [7, 11) is 0. The van der Waals surface area contributed by atoms with E-state index in [0.29, 0.717) is 16.8 Å². The summed E-state index contributed by atoms with van der Waals surface area (Å²) >= 11 is 5.93. The topological polar surface area (TPSA) is 51.0 Å². The molecule has 1 N–H and O–H groups in total. The quantitative estimate of drug-likeness (QED) is 0.888. The van der Waals surface area contributed by atoms with Crippen molar-refractivity contribution in [2.24, 2.45) is 0 Å². The second-order valence-corrected chi connectivity index (χ2v) is 4.59. The first-order valence-electron chi connectivity index (χ1n) is 5.63. The number of aromatic nitrogens is 2. The van der Waals surface area contributed by atoms with Gasteiger partial charge in [0.15, 0.2) is 5.82 Å². The SMILES string of the molecule is Clc1cccc(-c2nc([C@@H]3CCNC3)no2)c1. The first-order valence-corrected chi connectivity index (χ1v) is 6.01. The highest BCUT2D eigenvalue weighted by molar-refractivity contribution is 6.30. The number of nitrogens with zero attached hydrogens (tertiary/aromatic N) is 2. The van der Waals surface area contributed by atoms with Gasteiger partial charge in [-0.15, -0.1) is 0 Å². The first kappa shape index (κ1) is 10.7. The highest BCUT2D eigenvalue weighted by Crippen LogP contribution is 2.25. The maximum absolute atomic E-state index is 5.93. The van der Waals surface area contributed by atoms with Crippen LogP contribution in [-0.2, 0) is 0 Å². The van der Waals surface area contributed by atoms with E-state index in [1.165, 1.54) is 0 Å². The molecule has 2 aromatic rings. The van der Waals surface area contributed by atoms with Gasteiger partial charge in [0.2, 0.25) is 0 Å². The third kappa shape index (κ3) is 2.18. The molecule has 1 aromatic heterocycles. The van der Waals surface area contributed by atoms with Crippen molar-refractivity contribution < 1.29 is 4.52 Å². The van der Waals surface area contributed by atoms with Gasteiger partial charge in [0.25, 0.3) is 5.89 Å². The Morgan fingerprint density at radius 3 is 3.12 bits per heavy atom. The molecular weight excluding hydrogens is 238 g/mol. The van der Waals surface area contributed by atoms with Crippen molar-refractivity contribution in [1.29, 1.82) is 0 Å². The Bertz CT molecular complexity index is 520. The average Bonchev–Trinajstić information content (AvgIpc) is 3.00. The number of hydrogen-bond acceptors (Lipinski definition) is 4. The summed E-state index contributed by atoms with van der Waals surface area (Å²) < 4.78 is 5.27. The summed E-state index contributed by atoms with van der Waals surface area (Å²) in [6.07, 6.45) is 1.06. The van der Waals surface area contributed by atoms with Gasteiger partial charge in [0, 0.05) is 23.0 Å². The standard InChI is InChI=1S/C12H12ClN3O/c13-10-3-1-2-8(6-10)12-15-11(16-17-12)9-4-5-14-7-9/h1-3,6,9,14H,4-5,7H2/t9-/m1/s1. The molecule has 0 amide bonds. The molecule has 5 heteroatoms. The summed E-state index contributed by atoms with van der Waals surface area (Å²) in [6, 6.07) is 7.43. The minimum atomic E-state index is 0.367. The molecule has 1 aliphatic heterocycles. The van der Waals surface area contributed by atoms with Gasteiger partial charge in [-0.2, -0.15) is 4.98 Å². The average molecular weight is 250 g/mol. The number of nitrogens with one attached hydrogen (secondary N) is 1. The van der Waals surface area contributed by atoms with Crippen molar-refractivity contribution >= 4 is 11.6 Å². The number of hydrogen-bond donors (Lipinski definition) is 1. The zero-order chi connectivity index (χ0) is 11.7. The molecule has 17 heavy (non-hydrogen) atoms. The Labute approximate surface area is 104 Å². The van der Waals surface area contributed by atoms with Gasteiger partial charge >= 0.3 is 0 Å². The Morgan fingerprint density at radius 1 is 1.41 bits per heavy atom. The largest absolute Gasteiger partial charge is 0.334 e. The van der Waals surface area contributed by atoms with E-state index in [0.717, 1.165) is 30.9 Å². The Hall–Kier alpha value is -1.39. The molecule has 3 rings (SSSR count). The molecule has 2 heterocycles.